The lowest BCUT2D eigenvalue weighted by atomic mass is 9.88. The van der Waals surface area contributed by atoms with Crippen LogP contribution < -0.4 is 4.90 Å². The van der Waals surface area contributed by atoms with E-state index in [1.54, 1.807) is 17.9 Å². The fourth-order valence-corrected chi connectivity index (χ4v) is 4.06. The topological polar surface area (TPSA) is 46.6 Å². The third kappa shape index (κ3) is 2.76. The average Bonchev–Trinajstić information content (AvgIpc) is 2.61. The van der Waals surface area contributed by atoms with Crippen molar-refractivity contribution in [1.82, 2.24) is 0 Å². The molecule has 0 saturated carbocycles. The number of hydrogen-bond donors (Lipinski definition) is 0. The van der Waals surface area contributed by atoms with E-state index in [9.17, 15) is 9.59 Å². The van der Waals surface area contributed by atoms with Crippen molar-refractivity contribution in [2.45, 2.75) is 31.8 Å². The number of fused-ring (bicyclic) bond motifs is 2. The third-order valence-corrected chi connectivity index (χ3v) is 5.44. The van der Waals surface area contributed by atoms with Gasteiger partial charge in [-0.25, -0.2) is 4.79 Å². The minimum atomic E-state index is -1.18. The van der Waals surface area contributed by atoms with E-state index in [4.69, 9.17) is 4.74 Å². The fourth-order valence-electron chi connectivity index (χ4n) is 3.70. The van der Waals surface area contributed by atoms with Gasteiger partial charge in [0.25, 0.3) is 5.91 Å². The van der Waals surface area contributed by atoms with Gasteiger partial charge in [-0.2, -0.15) is 0 Å². The molecule has 2 aromatic rings. The summed E-state index contributed by atoms with van der Waals surface area (Å²) in [4.78, 5) is 27.5. The van der Waals surface area contributed by atoms with Crippen molar-refractivity contribution in [3.05, 3.63) is 63.6 Å². The van der Waals surface area contributed by atoms with Gasteiger partial charge in [0.1, 0.15) is 0 Å². The maximum absolute atomic E-state index is 13.3. The maximum Gasteiger partial charge on any atom is 0.339 e. The summed E-state index contributed by atoms with van der Waals surface area (Å²) >= 11 is 3.37. The van der Waals surface area contributed by atoms with Crippen LogP contribution in [0.25, 0.3) is 0 Å². The molecule has 0 unspecified atom stereocenters. The summed E-state index contributed by atoms with van der Waals surface area (Å²) in [5.74, 6) is -0.592. The normalized spacial score (nSPS) is 22.0. The highest BCUT2D eigenvalue weighted by Crippen LogP contribution is 2.35. The van der Waals surface area contributed by atoms with Crippen molar-refractivity contribution in [3.8, 4) is 0 Å². The van der Waals surface area contributed by atoms with Crippen LogP contribution in [-0.4, -0.2) is 24.0 Å². The standard InChI is InChI=1S/C20H18BrNO3/c1-20(12-14-8-9-15(21)11-16(14)18(23)25-20)19(24)22-10-4-6-13-5-2-3-7-17(13)22/h2-3,5,7-9,11H,4,6,10,12H2,1H3/t20-/m1/s1. The van der Waals surface area contributed by atoms with Crippen LogP contribution in [0.2, 0.25) is 0 Å². The molecule has 0 bridgehead atoms. The first-order chi connectivity index (χ1) is 12.0. The van der Waals surface area contributed by atoms with Gasteiger partial charge in [0.05, 0.1) is 5.56 Å². The number of carbonyl (C=O) groups excluding carboxylic acids is 2. The highest BCUT2D eigenvalue weighted by molar-refractivity contribution is 9.10. The minimum Gasteiger partial charge on any atom is -0.445 e. The molecule has 4 rings (SSSR count). The smallest absolute Gasteiger partial charge is 0.339 e. The van der Waals surface area contributed by atoms with Gasteiger partial charge in [-0.3, -0.25) is 4.79 Å². The summed E-state index contributed by atoms with van der Waals surface area (Å²) in [7, 11) is 0. The number of halogens is 1. The first kappa shape index (κ1) is 16.3. The Bertz CT molecular complexity index is 879. The number of hydrogen-bond acceptors (Lipinski definition) is 3. The monoisotopic (exact) mass is 399 g/mol. The summed E-state index contributed by atoms with van der Waals surface area (Å²) in [6, 6.07) is 13.5. The second kappa shape index (κ2) is 5.99. The molecular weight excluding hydrogens is 382 g/mol. The molecule has 0 aromatic heterocycles. The molecule has 2 aliphatic heterocycles. The van der Waals surface area contributed by atoms with Crippen LogP contribution in [0, 0.1) is 0 Å². The van der Waals surface area contributed by atoms with E-state index in [0.717, 1.165) is 34.1 Å². The molecule has 5 heteroatoms. The number of esters is 1. The Kier molecular flexibility index (Phi) is 3.91. The first-order valence-corrected chi connectivity index (χ1v) is 9.19. The largest absolute Gasteiger partial charge is 0.445 e. The molecule has 4 nitrogen and oxygen atoms in total. The Morgan fingerprint density at radius 2 is 2.00 bits per heavy atom. The van der Waals surface area contributed by atoms with Crippen LogP contribution in [0.1, 0.15) is 34.8 Å². The highest BCUT2D eigenvalue weighted by atomic mass is 79.9. The van der Waals surface area contributed by atoms with Crippen LogP contribution in [0.4, 0.5) is 5.69 Å². The zero-order valence-electron chi connectivity index (χ0n) is 13.9. The number of anilines is 1. The number of para-hydroxylation sites is 1. The van der Waals surface area contributed by atoms with E-state index >= 15 is 0 Å². The lowest BCUT2D eigenvalue weighted by molar-refractivity contribution is -0.137. The van der Waals surface area contributed by atoms with Crippen LogP contribution in [0.15, 0.2) is 46.9 Å². The molecule has 0 aliphatic carbocycles. The summed E-state index contributed by atoms with van der Waals surface area (Å²) < 4.78 is 6.46. The highest BCUT2D eigenvalue weighted by Gasteiger charge is 2.45. The zero-order valence-corrected chi connectivity index (χ0v) is 15.5. The summed E-state index contributed by atoms with van der Waals surface area (Å²) in [6.45, 7) is 2.37. The summed E-state index contributed by atoms with van der Waals surface area (Å²) in [6.07, 6.45) is 2.27. The van der Waals surface area contributed by atoms with Gasteiger partial charge in [0.15, 0.2) is 5.60 Å². The van der Waals surface area contributed by atoms with Crippen LogP contribution >= 0.6 is 15.9 Å². The van der Waals surface area contributed by atoms with Crippen molar-refractivity contribution in [3.63, 3.8) is 0 Å². The van der Waals surface area contributed by atoms with E-state index in [1.165, 1.54) is 0 Å². The number of rotatable bonds is 1. The Balaban J connectivity index is 1.69. The maximum atomic E-state index is 13.3. The molecule has 2 aliphatic rings. The van der Waals surface area contributed by atoms with E-state index in [2.05, 4.69) is 22.0 Å². The average molecular weight is 400 g/mol. The van der Waals surface area contributed by atoms with Gasteiger partial charge in [-0.1, -0.05) is 40.2 Å². The number of benzene rings is 2. The number of cyclic esters (lactones) is 1. The summed E-state index contributed by atoms with van der Waals surface area (Å²) in [5.41, 5.74) is 2.29. The number of ether oxygens (including phenoxy) is 1. The van der Waals surface area contributed by atoms with Gasteiger partial charge in [-0.15, -0.1) is 0 Å². The number of aryl methyl sites for hydroxylation is 1. The lowest BCUT2D eigenvalue weighted by Gasteiger charge is -2.39. The molecule has 128 valence electrons. The van der Waals surface area contributed by atoms with E-state index in [0.29, 0.717) is 18.5 Å². The number of nitrogens with zero attached hydrogens (tertiary/aromatic N) is 1. The van der Waals surface area contributed by atoms with Crippen molar-refractivity contribution >= 4 is 33.5 Å². The van der Waals surface area contributed by atoms with E-state index in [-0.39, 0.29) is 5.91 Å². The quantitative estimate of drug-likeness (QED) is 0.683. The van der Waals surface area contributed by atoms with Crippen molar-refractivity contribution in [2.75, 3.05) is 11.4 Å². The lowest BCUT2D eigenvalue weighted by Crippen LogP contribution is -2.54. The SMILES string of the molecule is C[C@]1(C(=O)N2CCCc3ccccc32)Cc2ccc(Br)cc2C(=O)O1. The Labute approximate surface area is 154 Å². The van der Waals surface area contributed by atoms with Gasteiger partial charge in [0, 0.05) is 23.1 Å². The Morgan fingerprint density at radius 3 is 2.84 bits per heavy atom. The molecular formula is C20H18BrNO3. The van der Waals surface area contributed by atoms with E-state index in [1.807, 2.05) is 30.3 Å². The molecule has 0 saturated heterocycles. The molecule has 0 N–H and O–H groups in total. The molecule has 0 radical (unpaired) electrons. The molecule has 0 fully saturated rings. The number of amides is 1. The number of carbonyl (C=O) groups is 2. The van der Waals surface area contributed by atoms with Gasteiger partial charge in [0.2, 0.25) is 0 Å². The Morgan fingerprint density at radius 1 is 1.20 bits per heavy atom. The van der Waals surface area contributed by atoms with Crippen LogP contribution in [-0.2, 0) is 22.4 Å². The van der Waals surface area contributed by atoms with Crippen molar-refractivity contribution < 1.29 is 14.3 Å². The molecule has 2 aromatic carbocycles. The molecule has 25 heavy (non-hydrogen) atoms. The predicted octanol–water partition coefficient (Wildman–Crippen LogP) is 3.90. The van der Waals surface area contributed by atoms with Gasteiger partial charge >= 0.3 is 5.97 Å². The molecule has 1 atom stereocenters. The van der Waals surface area contributed by atoms with Crippen molar-refractivity contribution in [2.24, 2.45) is 0 Å². The zero-order chi connectivity index (χ0) is 17.6. The molecule has 2 heterocycles. The first-order valence-electron chi connectivity index (χ1n) is 8.39. The minimum absolute atomic E-state index is 0.151. The van der Waals surface area contributed by atoms with Crippen LogP contribution in [0.3, 0.4) is 0 Å². The molecule has 0 spiro atoms. The Hall–Kier alpha value is -2.14. The molecule has 1 amide bonds. The summed E-state index contributed by atoms with van der Waals surface area (Å²) in [5, 5.41) is 0. The predicted molar refractivity (Wildman–Crippen MR) is 98.8 cm³/mol. The third-order valence-electron chi connectivity index (χ3n) is 4.95. The second-order valence-electron chi connectivity index (χ2n) is 6.79. The van der Waals surface area contributed by atoms with Crippen LogP contribution in [0.5, 0.6) is 0 Å². The van der Waals surface area contributed by atoms with Gasteiger partial charge in [-0.05, 0) is 49.1 Å². The van der Waals surface area contributed by atoms with E-state index < -0.39 is 11.6 Å². The van der Waals surface area contributed by atoms with Gasteiger partial charge < -0.3 is 9.64 Å². The fraction of sp³-hybridized carbons (Fsp3) is 0.300. The van der Waals surface area contributed by atoms with Crippen molar-refractivity contribution in [1.29, 1.82) is 0 Å². The second-order valence-corrected chi connectivity index (χ2v) is 7.70.